The van der Waals surface area contributed by atoms with Crippen LogP contribution >= 0.6 is 11.3 Å². The van der Waals surface area contributed by atoms with E-state index >= 15 is 0 Å². The lowest BCUT2D eigenvalue weighted by molar-refractivity contribution is 0.608. The van der Waals surface area contributed by atoms with E-state index < -0.39 is 0 Å². The zero-order valence-electron chi connectivity index (χ0n) is 10.8. The van der Waals surface area contributed by atoms with Gasteiger partial charge in [-0.25, -0.2) is 15.0 Å². The van der Waals surface area contributed by atoms with E-state index in [1.54, 1.807) is 23.7 Å². The minimum Gasteiger partial charge on any atom is -0.367 e. The Morgan fingerprint density at radius 2 is 2.10 bits per heavy atom. The molecule has 1 N–H and O–H groups in total. The van der Waals surface area contributed by atoms with Crippen molar-refractivity contribution in [1.29, 1.82) is 0 Å². The van der Waals surface area contributed by atoms with E-state index in [1.165, 1.54) is 10.6 Å². The Labute approximate surface area is 120 Å². The molecule has 1 aliphatic carbocycles. The number of aromatic nitrogens is 4. The van der Waals surface area contributed by atoms with Crippen molar-refractivity contribution in [3.63, 3.8) is 0 Å². The maximum absolute atomic E-state index is 4.52. The highest BCUT2D eigenvalue weighted by Crippen LogP contribution is 2.25. The Kier molecular flexibility index (Phi) is 2.81. The summed E-state index contributed by atoms with van der Waals surface area (Å²) < 4.78 is 0. The number of hydrogen-bond donors (Lipinski definition) is 1. The van der Waals surface area contributed by atoms with E-state index in [2.05, 4.69) is 25.3 Å². The number of pyridine rings is 1. The summed E-state index contributed by atoms with van der Waals surface area (Å²) in [5.41, 5.74) is 4.72. The molecule has 4 rings (SSSR count). The first-order chi connectivity index (χ1) is 9.88. The van der Waals surface area contributed by atoms with Crippen LogP contribution in [-0.4, -0.2) is 26.0 Å². The third-order valence-corrected chi connectivity index (χ3v) is 4.47. The molecule has 0 fully saturated rings. The monoisotopic (exact) mass is 283 g/mol. The molecule has 3 aromatic rings. The molecule has 0 aromatic carbocycles. The van der Waals surface area contributed by atoms with E-state index in [1.807, 2.05) is 17.6 Å². The minimum absolute atomic E-state index is 0.421. The molecule has 1 atom stereocenters. The maximum atomic E-state index is 4.52. The average Bonchev–Trinajstić information content (AvgIpc) is 2.95. The van der Waals surface area contributed by atoms with Crippen LogP contribution in [0, 0.1) is 0 Å². The number of anilines is 1. The van der Waals surface area contributed by atoms with Crippen LogP contribution in [0.4, 0.5) is 5.82 Å². The fraction of sp³-hybridized carbons (Fsp3) is 0.286. The van der Waals surface area contributed by atoms with Crippen LogP contribution in [-0.2, 0) is 12.8 Å². The van der Waals surface area contributed by atoms with E-state index in [0.29, 0.717) is 11.7 Å². The summed E-state index contributed by atoms with van der Waals surface area (Å²) in [6, 6.07) is 4.35. The van der Waals surface area contributed by atoms with Gasteiger partial charge < -0.3 is 5.32 Å². The SMILES string of the molecule is c1cnc2nc(N[C@H]3CCc4ncsc4C3)ccc2n1. The molecule has 0 aliphatic heterocycles. The van der Waals surface area contributed by atoms with Gasteiger partial charge in [0.05, 0.1) is 11.2 Å². The van der Waals surface area contributed by atoms with Gasteiger partial charge in [0, 0.05) is 29.7 Å². The highest BCUT2D eigenvalue weighted by Gasteiger charge is 2.20. The van der Waals surface area contributed by atoms with E-state index in [9.17, 15) is 0 Å². The molecule has 3 heterocycles. The number of nitrogens with zero attached hydrogens (tertiary/aromatic N) is 4. The first kappa shape index (κ1) is 11.7. The van der Waals surface area contributed by atoms with Crippen LogP contribution < -0.4 is 5.32 Å². The van der Waals surface area contributed by atoms with Gasteiger partial charge in [-0.1, -0.05) is 0 Å². The third kappa shape index (κ3) is 2.12. The lowest BCUT2D eigenvalue weighted by Crippen LogP contribution is -2.27. The quantitative estimate of drug-likeness (QED) is 0.782. The van der Waals surface area contributed by atoms with Crippen molar-refractivity contribution in [2.45, 2.75) is 25.3 Å². The first-order valence-corrected chi connectivity index (χ1v) is 7.52. The average molecular weight is 283 g/mol. The summed E-state index contributed by atoms with van der Waals surface area (Å²) in [6.07, 6.45) is 6.52. The topological polar surface area (TPSA) is 63.6 Å². The second-order valence-electron chi connectivity index (χ2n) is 4.90. The molecule has 3 aromatic heterocycles. The standard InChI is InChI=1S/C14H13N5S/c1-2-10-12(20-8-17-10)7-9(1)18-13-4-3-11-14(19-13)16-6-5-15-11/h3-6,8-9H,1-2,7H2,(H,16,18,19)/t9-/m0/s1. The van der Waals surface area contributed by atoms with Crippen molar-refractivity contribution in [2.24, 2.45) is 0 Å². The normalized spacial score (nSPS) is 17.9. The zero-order valence-corrected chi connectivity index (χ0v) is 11.6. The molecule has 100 valence electrons. The molecule has 0 radical (unpaired) electrons. The maximum Gasteiger partial charge on any atom is 0.180 e. The molecular weight excluding hydrogens is 270 g/mol. The molecule has 1 aliphatic rings. The Bertz CT molecular complexity index is 754. The largest absolute Gasteiger partial charge is 0.367 e. The summed E-state index contributed by atoms with van der Waals surface area (Å²) in [6.45, 7) is 0. The first-order valence-electron chi connectivity index (χ1n) is 6.64. The van der Waals surface area contributed by atoms with Gasteiger partial charge in [0.25, 0.3) is 0 Å². The van der Waals surface area contributed by atoms with Crippen LogP contribution in [0.15, 0.2) is 30.0 Å². The highest BCUT2D eigenvalue weighted by molar-refractivity contribution is 7.09. The Balaban J connectivity index is 1.56. The summed E-state index contributed by atoms with van der Waals surface area (Å²) in [7, 11) is 0. The Morgan fingerprint density at radius 3 is 3.10 bits per heavy atom. The molecule has 20 heavy (non-hydrogen) atoms. The van der Waals surface area contributed by atoms with Crippen molar-refractivity contribution in [3.8, 4) is 0 Å². The number of nitrogens with one attached hydrogen (secondary N) is 1. The van der Waals surface area contributed by atoms with Crippen molar-refractivity contribution in [3.05, 3.63) is 40.6 Å². The van der Waals surface area contributed by atoms with Gasteiger partial charge in [-0.3, -0.25) is 4.98 Å². The predicted octanol–water partition coefficient (Wildman–Crippen LogP) is 2.45. The van der Waals surface area contributed by atoms with Crippen molar-refractivity contribution < 1.29 is 0 Å². The number of hydrogen-bond acceptors (Lipinski definition) is 6. The van der Waals surface area contributed by atoms with Crippen molar-refractivity contribution >= 4 is 28.3 Å². The van der Waals surface area contributed by atoms with Crippen LogP contribution in [0.1, 0.15) is 17.0 Å². The van der Waals surface area contributed by atoms with E-state index in [-0.39, 0.29) is 0 Å². The second kappa shape index (κ2) is 4.79. The van der Waals surface area contributed by atoms with Crippen LogP contribution in [0.3, 0.4) is 0 Å². The van der Waals surface area contributed by atoms with Gasteiger partial charge in [-0.05, 0) is 25.0 Å². The summed E-state index contributed by atoms with van der Waals surface area (Å²) >= 11 is 1.75. The van der Waals surface area contributed by atoms with Gasteiger partial charge in [0.15, 0.2) is 5.65 Å². The predicted molar refractivity (Wildman–Crippen MR) is 78.9 cm³/mol. The number of fused-ring (bicyclic) bond motifs is 2. The van der Waals surface area contributed by atoms with Gasteiger partial charge >= 0.3 is 0 Å². The van der Waals surface area contributed by atoms with Crippen LogP contribution in [0.5, 0.6) is 0 Å². The molecule has 0 saturated carbocycles. The molecular formula is C14H13N5S. The minimum atomic E-state index is 0.421. The fourth-order valence-electron chi connectivity index (χ4n) is 2.57. The molecule has 0 unspecified atom stereocenters. The number of rotatable bonds is 2. The number of thiazole rings is 1. The fourth-order valence-corrected chi connectivity index (χ4v) is 3.46. The molecule has 5 nitrogen and oxygen atoms in total. The highest BCUT2D eigenvalue weighted by atomic mass is 32.1. The summed E-state index contributed by atoms with van der Waals surface area (Å²) in [5, 5.41) is 3.50. The van der Waals surface area contributed by atoms with Crippen molar-refractivity contribution in [1.82, 2.24) is 19.9 Å². The molecule has 0 bridgehead atoms. The second-order valence-corrected chi connectivity index (χ2v) is 5.84. The van der Waals surface area contributed by atoms with Crippen LogP contribution in [0.25, 0.3) is 11.2 Å². The lowest BCUT2D eigenvalue weighted by Gasteiger charge is -2.22. The van der Waals surface area contributed by atoms with Gasteiger partial charge in [0.1, 0.15) is 11.3 Å². The summed E-state index contributed by atoms with van der Waals surface area (Å²) in [5.74, 6) is 0.871. The molecule has 0 spiro atoms. The van der Waals surface area contributed by atoms with Gasteiger partial charge in [0.2, 0.25) is 0 Å². The van der Waals surface area contributed by atoms with E-state index in [0.717, 1.165) is 30.6 Å². The van der Waals surface area contributed by atoms with E-state index in [4.69, 9.17) is 0 Å². The number of aryl methyl sites for hydroxylation is 1. The Hall–Kier alpha value is -2.08. The van der Waals surface area contributed by atoms with Gasteiger partial charge in [-0.2, -0.15) is 0 Å². The smallest absolute Gasteiger partial charge is 0.180 e. The molecule has 0 amide bonds. The zero-order chi connectivity index (χ0) is 13.4. The lowest BCUT2D eigenvalue weighted by atomic mass is 9.98. The van der Waals surface area contributed by atoms with Gasteiger partial charge in [-0.15, -0.1) is 11.3 Å². The van der Waals surface area contributed by atoms with Crippen molar-refractivity contribution in [2.75, 3.05) is 5.32 Å². The molecule has 6 heteroatoms. The third-order valence-electron chi connectivity index (χ3n) is 3.57. The molecule has 0 saturated heterocycles. The summed E-state index contributed by atoms with van der Waals surface area (Å²) in [4.78, 5) is 18.8. The Morgan fingerprint density at radius 1 is 1.15 bits per heavy atom. The van der Waals surface area contributed by atoms with Crippen LogP contribution in [0.2, 0.25) is 0 Å².